The van der Waals surface area contributed by atoms with Crippen LogP contribution in [-0.2, 0) is 9.59 Å². The van der Waals surface area contributed by atoms with Gasteiger partial charge in [0.2, 0.25) is 11.8 Å². The lowest BCUT2D eigenvalue weighted by Gasteiger charge is -2.34. The van der Waals surface area contributed by atoms with Crippen LogP contribution in [0.2, 0.25) is 0 Å². The molecule has 2 aliphatic rings. The van der Waals surface area contributed by atoms with E-state index in [1.807, 2.05) is 0 Å². The summed E-state index contributed by atoms with van der Waals surface area (Å²) in [6, 6.07) is -1.04. The molecular formula is C15H20N6O3. The Morgan fingerprint density at radius 3 is 2.79 bits per heavy atom. The minimum Gasteiger partial charge on any atom is -0.354 e. The zero-order chi connectivity index (χ0) is 16.9. The summed E-state index contributed by atoms with van der Waals surface area (Å²) in [6.07, 6.45) is 5.75. The molecule has 1 aromatic rings. The zero-order valence-corrected chi connectivity index (χ0v) is 13.2. The van der Waals surface area contributed by atoms with E-state index in [1.54, 1.807) is 4.90 Å². The van der Waals surface area contributed by atoms with Gasteiger partial charge in [-0.15, -0.1) is 0 Å². The number of hydrogen-bond acceptors (Lipinski definition) is 6. The average Bonchev–Trinajstić information content (AvgIpc) is 2.64. The predicted octanol–water partition coefficient (Wildman–Crippen LogP) is -1.71. The Bertz CT molecular complexity index is 623. The normalized spacial score (nSPS) is 24.2. The molecule has 3 rings (SSSR count). The van der Waals surface area contributed by atoms with Gasteiger partial charge in [-0.2, -0.15) is 0 Å². The molecule has 2 saturated heterocycles. The van der Waals surface area contributed by atoms with Crippen molar-refractivity contribution in [3.8, 4) is 0 Å². The molecule has 9 heteroatoms. The van der Waals surface area contributed by atoms with Crippen molar-refractivity contribution in [3.05, 3.63) is 24.3 Å². The molecule has 2 atom stereocenters. The highest BCUT2D eigenvalue weighted by Gasteiger charge is 2.31. The third-order valence-electron chi connectivity index (χ3n) is 4.19. The van der Waals surface area contributed by atoms with Crippen molar-refractivity contribution in [2.75, 3.05) is 26.2 Å². The smallest absolute Gasteiger partial charge is 0.257 e. The molecule has 0 aliphatic carbocycles. The Hall–Kier alpha value is -2.55. The van der Waals surface area contributed by atoms with Crippen LogP contribution in [0.3, 0.4) is 0 Å². The topological polar surface area (TPSA) is 116 Å². The molecular weight excluding hydrogens is 312 g/mol. The number of carbonyl (C=O) groups is 3. The molecule has 0 bridgehead atoms. The number of hydrogen-bond donors (Lipinski definition) is 3. The summed E-state index contributed by atoms with van der Waals surface area (Å²) in [5, 5.41) is 8.59. The van der Waals surface area contributed by atoms with E-state index in [1.165, 1.54) is 18.7 Å². The molecule has 128 valence electrons. The Balaban J connectivity index is 1.59. The first-order valence-corrected chi connectivity index (χ1v) is 8.01. The van der Waals surface area contributed by atoms with Crippen molar-refractivity contribution in [1.29, 1.82) is 0 Å². The van der Waals surface area contributed by atoms with Crippen molar-refractivity contribution in [3.63, 3.8) is 0 Å². The zero-order valence-electron chi connectivity index (χ0n) is 13.2. The van der Waals surface area contributed by atoms with Gasteiger partial charge in [-0.1, -0.05) is 0 Å². The maximum atomic E-state index is 12.4. The van der Waals surface area contributed by atoms with Crippen LogP contribution in [0.25, 0.3) is 0 Å². The number of piperazine rings is 1. The Labute approximate surface area is 139 Å². The number of nitrogens with one attached hydrogen (secondary N) is 3. The first-order chi connectivity index (χ1) is 11.6. The van der Waals surface area contributed by atoms with E-state index in [2.05, 4.69) is 25.9 Å². The lowest BCUT2D eigenvalue weighted by atomic mass is 10.1. The van der Waals surface area contributed by atoms with Crippen LogP contribution in [0.1, 0.15) is 23.2 Å². The largest absolute Gasteiger partial charge is 0.354 e. The number of aromatic nitrogens is 2. The van der Waals surface area contributed by atoms with E-state index in [4.69, 9.17) is 0 Å². The van der Waals surface area contributed by atoms with Crippen molar-refractivity contribution in [2.24, 2.45) is 0 Å². The van der Waals surface area contributed by atoms with Crippen molar-refractivity contribution < 1.29 is 14.4 Å². The number of piperidine rings is 1. The Morgan fingerprint density at radius 1 is 1.25 bits per heavy atom. The van der Waals surface area contributed by atoms with Gasteiger partial charge < -0.3 is 20.9 Å². The van der Waals surface area contributed by atoms with Crippen molar-refractivity contribution >= 4 is 17.7 Å². The van der Waals surface area contributed by atoms with Gasteiger partial charge in [0.1, 0.15) is 18.4 Å². The fraction of sp³-hybridized carbons (Fsp3) is 0.533. The number of carbonyl (C=O) groups excluding carboxylic acids is 3. The third-order valence-corrected chi connectivity index (χ3v) is 4.19. The van der Waals surface area contributed by atoms with Gasteiger partial charge in [0.05, 0.1) is 5.56 Å². The Morgan fingerprint density at radius 2 is 2.04 bits per heavy atom. The van der Waals surface area contributed by atoms with Crippen LogP contribution >= 0.6 is 0 Å². The lowest BCUT2D eigenvalue weighted by molar-refractivity contribution is -0.131. The van der Waals surface area contributed by atoms with Gasteiger partial charge in [-0.05, 0) is 12.8 Å². The molecule has 1 aromatic heterocycles. The summed E-state index contributed by atoms with van der Waals surface area (Å²) < 4.78 is 0. The predicted molar refractivity (Wildman–Crippen MR) is 83.9 cm³/mol. The van der Waals surface area contributed by atoms with Crippen LogP contribution in [0.4, 0.5) is 0 Å². The van der Waals surface area contributed by atoms with Crippen molar-refractivity contribution in [2.45, 2.75) is 24.9 Å². The Kier molecular flexibility index (Phi) is 4.99. The number of amides is 3. The van der Waals surface area contributed by atoms with Crippen LogP contribution in [0, 0.1) is 0 Å². The maximum absolute atomic E-state index is 12.4. The van der Waals surface area contributed by atoms with E-state index in [0.717, 1.165) is 6.42 Å². The summed E-state index contributed by atoms with van der Waals surface area (Å²) in [4.78, 5) is 45.9. The average molecular weight is 332 g/mol. The van der Waals surface area contributed by atoms with E-state index in [-0.39, 0.29) is 24.3 Å². The third kappa shape index (κ3) is 3.67. The second-order valence-electron chi connectivity index (χ2n) is 5.88. The van der Waals surface area contributed by atoms with Gasteiger partial charge in [-0.3, -0.25) is 14.4 Å². The van der Waals surface area contributed by atoms with Crippen LogP contribution in [-0.4, -0.2) is 70.9 Å². The SMILES string of the molecule is O=C(NC1CCCNC1=O)C1CN(C(=O)c2cncnc2)CCN1. The second-order valence-corrected chi connectivity index (χ2v) is 5.88. The standard InChI is InChI=1S/C15H20N6O3/c22-13-11(2-1-3-19-13)20-14(23)12-8-21(5-4-18-12)15(24)10-6-16-9-17-7-10/h6-7,9,11-12,18H,1-5,8H2,(H,19,22)(H,20,23). The molecule has 0 aromatic carbocycles. The van der Waals surface area contributed by atoms with E-state index in [9.17, 15) is 14.4 Å². The fourth-order valence-corrected chi connectivity index (χ4v) is 2.88. The second kappa shape index (κ2) is 7.35. The summed E-state index contributed by atoms with van der Waals surface area (Å²) in [5.74, 6) is -0.621. The quantitative estimate of drug-likeness (QED) is 0.607. The van der Waals surface area contributed by atoms with Crippen LogP contribution in [0.15, 0.2) is 18.7 Å². The summed E-state index contributed by atoms with van der Waals surface area (Å²) >= 11 is 0. The summed E-state index contributed by atoms with van der Waals surface area (Å²) in [7, 11) is 0. The molecule has 9 nitrogen and oxygen atoms in total. The molecule has 3 N–H and O–H groups in total. The molecule has 3 amide bonds. The molecule has 2 unspecified atom stereocenters. The van der Waals surface area contributed by atoms with Gasteiger partial charge in [0, 0.05) is 38.6 Å². The highest BCUT2D eigenvalue weighted by Crippen LogP contribution is 2.08. The summed E-state index contributed by atoms with van der Waals surface area (Å²) in [5.41, 5.74) is 0.394. The minimum absolute atomic E-state index is 0.153. The molecule has 0 saturated carbocycles. The molecule has 0 radical (unpaired) electrons. The van der Waals surface area contributed by atoms with Crippen LogP contribution in [0.5, 0.6) is 0 Å². The van der Waals surface area contributed by atoms with E-state index < -0.39 is 12.1 Å². The maximum Gasteiger partial charge on any atom is 0.257 e. The first-order valence-electron chi connectivity index (χ1n) is 8.01. The van der Waals surface area contributed by atoms with Gasteiger partial charge in [-0.25, -0.2) is 9.97 Å². The number of rotatable bonds is 3. The monoisotopic (exact) mass is 332 g/mol. The van der Waals surface area contributed by atoms with Gasteiger partial charge in [0.25, 0.3) is 5.91 Å². The highest BCUT2D eigenvalue weighted by atomic mass is 16.2. The molecule has 2 aliphatic heterocycles. The molecule has 0 spiro atoms. The highest BCUT2D eigenvalue weighted by molar-refractivity contribution is 5.95. The lowest BCUT2D eigenvalue weighted by Crippen LogP contribution is -2.61. The van der Waals surface area contributed by atoms with Gasteiger partial charge in [0.15, 0.2) is 0 Å². The van der Waals surface area contributed by atoms with E-state index >= 15 is 0 Å². The van der Waals surface area contributed by atoms with Crippen LogP contribution < -0.4 is 16.0 Å². The number of nitrogens with zero attached hydrogens (tertiary/aromatic N) is 3. The van der Waals surface area contributed by atoms with Gasteiger partial charge >= 0.3 is 0 Å². The molecule has 2 fully saturated rings. The summed E-state index contributed by atoms with van der Waals surface area (Å²) in [6.45, 7) is 1.90. The van der Waals surface area contributed by atoms with E-state index in [0.29, 0.717) is 31.6 Å². The minimum atomic E-state index is -0.540. The molecule has 24 heavy (non-hydrogen) atoms. The fourth-order valence-electron chi connectivity index (χ4n) is 2.88. The van der Waals surface area contributed by atoms with Crippen molar-refractivity contribution in [1.82, 2.24) is 30.8 Å². The molecule has 3 heterocycles. The first kappa shape index (κ1) is 16.3.